The van der Waals surface area contributed by atoms with Crippen LogP contribution in [0.25, 0.3) is 0 Å². The Labute approximate surface area is 128 Å². The van der Waals surface area contributed by atoms with E-state index in [4.69, 9.17) is 9.47 Å². The Balaban J connectivity index is 2.37. The van der Waals surface area contributed by atoms with Crippen molar-refractivity contribution in [2.24, 2.45) is 0 Å². The molecule has 0 saturated heterocycles. The van der Waals surface area contributed by atoms with E-state index in [2.05, 4.69) is 5.32 Å². The lowest BCUT2D eigenvalue weighted by Gasteiger charge is -2.13. The van der Waals surface area contributed by atoms with E-state index in [-0.39, 0.29) is 5.91 Å². The van der Waals surface area contributed by atoms with Gasteiger partial charge in [-0.25, -0.2) is 4.79 Å². The number of nitrogens with one attached hydrogen (secondary N) is 1. The lowest BCUT2D eigenvalue weighted by Crippen LogP contribution is -2.17. The van der Waals surface area contributed by atoms with Gasteiger partial charge < -0.3 is 14.8 Å². The molecule has 5 nitrogen and oxygen atoms in total. The van der Waals surface area contributed by atoms with Crippen molar-refractivity contribution in [3.8, 4) is 5.75 Å². The summed E-state index contributed by atoms with van der Waals surface area (Å²) >= 11 is 0. The average molecular weight is 299 g/mol. The summed E-state index contributed by atoms with van der Waals surface area (Å²) in [5.74, 6) is -0.381. The molecule has 1 N–H and O–H groups in total. The first-order chi connectivity index (χ1) is 10.6. The second-order valence-corrected chi connectivity index (χ2v) is 4.64. The normalized spacial score (nSPS) is 9.95. The molecule has 0 heterocycles. The molecule has 0 aliphatic carbocycles. The van der Waals surface area contributed by atoms with Gasteiger partial charge in [0.2, 0.25) is 0 Å². The van der Waals surface area contributed by atoms with E-state index in [0.717, 1.165) is 5.56 Å². The molecule has 0 saturated carbocycles. The lowest BCUT2D eigenvalue weighted by molar-refractivity contribution is 0.0601. The number of hydrogen-bond acceptors (Lipinski definition) is 4. The molecule has 0 aliphatic heterocycles. The average Bonchev–Trinajstić information content (AvgIpc) is 2.54. The summed E-state index contributed by atoms with van der Waals surface area (Å²) in [5, 5.41) is 2.74. The van der Waals surface area contributed by atoms with Crippen LogP contribution in [0, 0.1) is 6.92 Å². The monoisotopic (exact) mass is 299 g/mol. The van der Waals surface area contributed by atoms with Crippen LogP contribution < -0.4 is 10.1 Å². The number of carbonyl (C=O) groups is 2. The summed E-state index contributed by atoms with van der Waals surface area (Å²) in [7, 11) is 2.80. The molecular weight excluding hydrogens is 282 g/mol. The Morgan fingerprint density at radius 1 is 1.00 bits per heavy atom. The maximum absolute atomic E-state index is 12.4. The minimum Gasteiger partial charge on any atom is -0.496 e. The van der Waals surface area contributed by atoms with E-state index in [9.17, 15) is 9.59 Å². The van der Waals surface area contributed by atoms with Crippen LogP contribution in [-0.4, -0.2) is 26.1 Å². The number of anilines is 1. The highest BCUT2D eigenvalue weighted by Gasteiger charge is 2.18. The van der Waals surface area contributed by atoms with Crippen molar-refractivity contribution in [2.45, 2.75) is 6.92 Å². The molecule has 2 rings (SSSR count). The number of benzene rings is 2. The van der Waals surface area contributed by atoms with Gasteiger partial charge in [0.15, 0.2) is 0 Å². The number of ether oxygens (including phenoxy) is 2. The predicted octanol–water partition coefficient (Wildman–Crippen LogP) is 3.04. The van der Waals surface area contributed by atoms with E-state index in [1.165, 1.54) is 14.2 Å². The van der Waals surface area contributed by atoms with E-state index in [1.807, 2.05) is 0 Å². The summed E-state index contributed by atoms with van der Waals surface area (Å²) in [6.07, 6.45) is 0. The van der Waals surface area contributed by atoms with Crippen LogP contribution in [0.2, 0.25) is 0 Å². The number of hydrogen-bond donors (Lipinski definition) is 1. The van der Waals surface area contributed by atoms with Gasteiger partial charge in [0.1, 0.15) is 5.75 Å². The standard InChI is InChI=1S/C17H17NO4/c1-11-7-6-9-13(15(11)17(20)22-3)18-16(19)12-8-4-5-10-14(12)21-2/h4-10H,1-3H3,(H,18,19). The summed E-state index contributed by atoms with van der Waals surface area (Å²) < 4.78 is 9.95. The topological polar surface area (TPSA) is 64.6 Å². The van der Waals surface area contributed by atoms with E-state index >= 15 is 0 Å². The van der Waals surface area contributed by atoms with Gasteiger partial charge in [0.05, 0.1) is 31.0 Å². The number of esters is 1. The van der Waals surface area contributed by atoms with E-state index in [1.54, 1.807) is 49.4 Å². The van der Waals surface area contributed by atoms with Crippen LogP contribution in [0.4, 0.5) is 5.69 Å². The molecule has 0 bridgehead atoms. The van der Waals surface area contributed by atoms with Gasteiger partial charge in [-0.2, -0.15) is 0 Å². The molecule has 0 radical (unpaired) electrons. The number of methoxy groups -OCH3 is 2. The first-order valence-corrected chi connectivity index (χ1v) is 6.70. The third kappa shape index (κ3) is 3.09. The number of amides is 1. The zero-order valence-corrected chi connectivity index (χ0v) is 12.7. The van der Waals surface area contributed by atoms with Crippen LogP contribution in [0.15, 0.2) is 42.5 Å². The van der Waals surface area contributed by atoms with E-state index in [0.29, 0.717) is 22.6 Å². The zero-order chi connectivity index (χ0) is 16.1. The first-order valence-electron chi connectivity index (χ1n) is 6.70. The third-order valence-electron chi connectivity index (χ3n) is 3.26. The first kappa shape index (κ1) is 15.6. The van der Waals surface area contributed by atoms with Crippen molar-refractivity contribution in [1.82, 2.24) is 0 Å². The highest BCUT2D eigenvalue weighted by Crippen LogP contribution is 2.23. The van der Waals surface area contributed by atoms with Gasteiger partial charge >= 0.3 is 5.97 Å². The predicted molar refractivity (Wildman–Crippen MR) is 83.5 cm³/mol. The van der Waals surface area contributed by atoms with Crippen molar-refractivity contribution < 1.29 is 19.1 Å². The molecule has 22 heavy (non-hydrogen) atoms. The molecule has 0 atom stereocenters. The Morgan fingerprint density at radius 2 is 1.73 bits per heavy atom. The molecule has 1 amide bonds. The van der Waals surface area contributed by atoms with Crippen LogP contribution in [0.5, 0.6) is 5.75 Å². The maximum atomic E-state index is 12.4. The molecular formula is C17H17NO4. The van der Waals surface area contributed by atoms with Crippen LogP contribution in [0.3, 0.4) is 0 Å². The quantitative estimate of drug-likeness (QED) is 0.881. The van der Waals surface area contributed by atoms with Gasteiger partial charge in [-0.1, -0.05) is 24.3 Å². The van der Waals surface area contributed by atoms with Crippen molar-refractivity contribution in [2.75, 3.05) is 19.5 Å². The fourth-order valence-electron chi connectivity index (χ4n) is 2.17. The van der Waals surface area contributed by atoms with Crippen molar-refractivity contribution in [3.05, 3.63) is 59.2 Å². The fourth-order valence-corrected chi connectivity index (χ4v) is 2.17. The van der Waals surface area contributed by atoms with E-state index < -0.39 is 5.97 Å². The zero-order valence-electron chi connectivity index (χ0n) is 12.7. The number of carbonyl (C=O) groups excluding carboxylic acids is 2. The molecule has 114 valence electrons. The Morgan fingerprint density at radius 3 is 2.41 bits per heavy atom. The summed E-state index contributed by atoms with van der Waals surface area (Å²) in [5.41, 5.74) is 1.86. The van der Waals surface area contributed by atoms with Crippen molar-refractivity contribution >= 4 is 17.6 Å². The Hall–Kier alpha value is -2.82. The third-order valence-corrected chi connectivity index (χ3v) is 3.26. The number of aryl methyl sites for hydroxylation is 1. The lowest BCUT2D eigenvalue weighted by atomic mass is 10.1. The second-order valence-electron chi connectivity index (χ2n) is 4.64. The molecule has 0 unspecified atom stereocenters. The molecule has 0 fully saturated rings. The maximum Gasteiger partial charge on any atom is 0.340 e. The van der Waals surface area contributed by atoms with Gasteiger partial charge in [0.25, 0.3) is 5.91 Å². The Bertz CT molecular complexity index is 710. The largest absolute Gasteiger partial charge is 0.496 e. The number of rotatable bonds is 4. The smallest absolute Gasteiger partial charge is 0.340 e. The highest BCUT2D eigenvalue weighted by atomic mass is 16.5. The van der Waals surface area contributed by atoms with Crippen LogP contribution in [0.1, 0.15) is 26.3 Å². The van der Waals surface area contributed by atoms with Gasteiger partial charge in [-0.15, -0.1) is 0 Å². The molecule has 2 aromatic carbocycles. The van der Waals surface area contributed by atoms with Crippen molar-refractivity contribution in [3.63, 3.8) is 0 Å². The molecule has 2 aromatic rings. The summed E-state index contributed by atoms with van der Waals surface area (Å²) in [4.78, 5) is 24.3. The van der Waals surface area contributed by atoms with Crippen LogP contribution in [-0.2, 0) is 4.74 Å². The number of para-hydroxylation sites is 1. The fraction of sp³-hybridized carbons (Fsp3) is 0.176. The Kier molecular flexibility index (Phi) is 4.78. The van der Waals surface area contributed by atoms with Crippen LogP contribution >= 0.6 is 0 Å². The van der Waals surface area contributed by atoms with Gasteiger partial charge in [-0.3, -0.25) is 4.79 Å². The molecule has 0 aromatic heterocycles. The molecule has 0 spiro atoms. The van der Waals surface area contributed by atoms with Gasteiger partial charge in [0, 0.05) is 0 Å². The van der Waals surface area contributed by atoms with Crippen molar-refractivity contribution in [1.29, 1.82) is 0 Å². The van der Waals surface area contributed by atoms with Gasteiger partial charge in [-0.05, 0) is 30.7 Å². The summed E-state index contributed by atoms with van der Waals surface area (Å²) in [6, 6.07) is 12.1. The summed E-state index contributed by atoms with van der Waals surface area (Å²) in [6.45, 7) is 1.78. The molecule has 5 heteroatoms. The highest BCUT2D eigenvalue weighted by molar-refractivity contribution is 6.09. The minimum atomic E-state index is -0.492. The second kappa shape index (κ2) is 6.76. The minimum absolute atomic E-state index is 0.341. The SMILES string of the molecule is COC(=O)c1c(C)cccc1NC(=O)c1ccccc1OC. The molecule has 0 aliphatic rings.